The number of nitrogens with zero attached hydrogens (tertiary/aromatic N) is 2. The lowest BCUT2D eigenvalue weighted by Gasteiger charge is -2.24. The van der Waals surface area contributed by atoms with Gasteiger partial charge < -0.3 is 10.1 Å². The molecule has 1 N–H and O–H groups in total. The molecular weight excluding hydrogens is 382 g/mol. The van der Waals surface area contributed by atoms with Crippen LogP contribution in [0.4, 0.5) is 5.69 Å². The van der Waals surface area contributed by atoms with Crippen molar-refractivity contribution in [2.45, 2.75) is 44.7 Å². The number of ether oxygens (including phenoxy) is 1. The van der Waals surface area contributed by atoms with E-state index in [4.69, 9.17) is 4.74 Å². The van der Waals surface area contributed by atoms with Gasteiger partial charge in [-0.05, 0) is 37.1 Å². The number of anilines is 1. The highest BCUT2D eigenvalue weighted by Crippen LogP contribution is 2.26. The Bertz CT molecular complexity index is 1190. The van der Waals surface area contributed by atoms with Crippen LogP contribution in [-0.2, 0) is 11.3 Å². The molecule has 0 saturated heterocycles. The number of fused-ring (bicyclic) bond motifs is 1. The summed E-state index contributed by atoms with van der Waals surface area (Å²) in [4.78, 5) is 39.2. The largest absolute Gasteiger partial charge is 0.495 e. The predicted molar refractivity (Wildman–Crippen MR) is 116 cm³/mol. The molecule has 0 unspecified atom stereocenters. The average Bonchev–Trinajstić information content (AvgIpc) is 2.78. The van der Waals surface area contributed by atoms with E-state index >= 15 is 0 Å². The first-order chi connectivity index (χ1) is 14.6. The van der Waals surface area contributed by atoms with Crippen LogP contribution < -0.4 is 21.3 Å². The van der Waals surface area contributed by atoms with Crippen molar-refractivity contribution in [1.82, 2.24) is 9.13 Å². The van der Waals surface area contributed by atoms with Gasteiger partial charge in [0, 0.05) is 6.04 Å². The molecule has 1 saturated carbocycles. The molecule has 7 heteroatoms. The number of rotatable bonds is 5. The van der Waals surface area contributed by atoms with E-state index in [0.29, 0.717) is 22.3 Å². The predicted octanol–water partition coefficient (Wildman–Crippen LogP) is 3.32. The SMILES string of the molecule is COc1ccccc1NC(=O)Cn1c(=O)n(C2CCCCC2)c(=O)c2ccccc21. The third-order valence-electron chi connectivity index (χ3n) is 5.70. The molecule has 7 nitrogen and oxygen atoms in total. The lowest BCUT2D eigenvalue weighted by Crippen LogP contribution is -2.44. The molecule has 0 radical (unpaired) electrons. The highest BCUT2D eigenvalue weighted by molar-refractivity contribution is 5.93. The van der Waals surface area contributed by atoms with Gasteiger partial charge in [0.15, 0.2) is 0 Å². The second kappa shape index (κ2) is 8.57. The number of aromatic nitrogens is 2. The van der Waals surface area contributed by atoms with E-state index in [1.807, 2.05) is 6.07 Å². The summed E-state index contributed by atoms with van der Waals surface area (Å²) in [5, 5.41) is 3.26. The number of benzene rings is 2. The van der Waals surface area contributed by atoms with Crippen molar-refractivity contribution in [3.63, 3.8) is 0 Å². The fraction of sp³-hybridized carbons (Fsp3) is 0.348. The molecule has 1 fully saturated rings. The molecule has 3 aromatic rings. The summed E-state index contributed by atoms with van der Waals surface area (Å²) in [6.07, 6.45) is 4.73. The first-order valence-corrected chi connectivity index (χ1v) is 10.3. The van der Waals surface area contributed by atoms with Crippen LogP contribution in [0.5, 0.6) is 5.75 Å². The number of para-hydroxylation sites is 3. The van der Waals surface area contributed by atoms with Gasteiger partial charge in [-0.3, -0.25) is 18.7 Å². The van der Waals surface area contributed by atoms with Crippen LogP contribution in [0.2, 0.25) is 0 Å². The van der Waals surface area contributed by atoms with Crippen molar-refractivity contribution in [1.29, 1.82) is 0 Å². The number of amides is 1. The smallest absolute Gasteiger partial charge is 0.332 e. The van der Waals surface area contributed by atoms with Gasteiger partial charge >= 0.3 is 5.69 Å². The molecule has 1 aliphatic rings. The summed E-state index contributed by atoms with van der Waals surface area (Å²) in [5.41, 5.74) is 0.294. The maximum absolute atomic E-state index is 13.3. The van der Waals surface area contributed by atoms with E-state index in [1.54, 1.807) is 42.5 Å². The zero-order chi connectivity index (χ0) is 21.1. The summed E-state index contributed by atoms with van der Waals surface area (Å²) in [5.74, 6) is 0.177. The van der Waals surface area contributed by atoms with E-state index in [2.05, 4.69) is 5.32 Å². The Morgan fingerprint density at radius 1 is 1.03 bits per heavy atom. The highest BCUT2D eigenvalue weighted by atomic mass is 16.5. The minimum Gasteiger partial charge on any atom is -0.495 e. The van der Waals surface area contributed by atoms with Crippen LogP contribution in [0.3, 0.4) is 0 Å². The second-order valence-corrected chi connectivity index (χ2v) is 7.60. The highest BCUT2D eigenvalue weighted by Gasteiger charge is 2.23. The average molecular weight is 407 g/mol. The van der Waals surface area contributed by atoms with E-state index in [0.717, 1.165) is 32.1 Å². The quantitative estimate of drug-likeness (QED) is 0.703. The molecule has 2 aromatic carbocycles. The Hall–Kier alpha value is -3.35. The molecule has 1 aliphatic carbocycles. The number of nitrogens with one attached hydrogen (secondary N) is 1. The van der Waals surface area contributed by atoms with Gasteiger partial charge in [0.1, 0.15) is 12.3 Å². The number of methoxy groups -OCH3 is 1. The lowest BCUT2D eigenvalue weighted by atomic mass is 9.95. The number of carbonyl (C=O) groups is 1. The fourth-order valence-electron chi connectivity index (χ4n) is 4.23. The number of carbonyl (C=O) groups excluding carboxylic acids is 1. The van der Waals surface area contributed by atoms with Gasteiger partial charge in [0.05, 0.1) is 23.7 Å². The normalized spacial score (nSPS) is 14.6. The Labute approximate surface area is 173 Å². The summed E-state index contributed by atoms with van der Waals surface area (Å²) in [7, 11) is 1.53. The summed E-state index contributed by atoms with van der Waals surface area (Å²) in [6.45, 7) is -0.190. The fourth-order valence-corrected chi connectivity index (χ4v) is 4.23. The van der Waals surface area contributed by atoms with Crippen LogP contribution in [-0.4, -0.2) is 22.2 Å². The van der Waals surface area contributed by atoms with Gasteiger partial charge in [-0.25, -0.2) is 4.79 Å². The minimum atomic E-state index is -0.430. The van der Waals surface area contributed by atoms with Crippen LogP contribution >= 0.6 is 0 Å². The molecule has 0 bridgehead atoms. The molecule has 30 heavy (non-hydrogen) atoms. The van der Waals surface area contributed by atoms with Crippen LogP contribution in [0.25, 0.3) is 10.9 Å². The maximum Gasteiger partial charge on any atom is 0.332 e. The maximum atomic E-state index is 13.3. The molecule has 156 valence electrons. The van der Waals surface area contributed by atoms with Crippen molar-refractivity contribution < 1.29 is 9.53 Å². The summed E-state index contributed by atoms with van der Waals surface area (Å²) >= 11 is 0. The van der Waals surface area contributed by atoms with Crippen molar-refractivity contribution in [3.8, 4) is 5.75 Å². The van der Waals surface area contributed by atoms with Gasteiger partial charge in [-0.2, -0.15) is 0 Å². The number of hydrogen-bond acceptors (Lipinski definition) is 4. The van der Waals surface area contributed by atoms with Gasteiger partial charge in [-0.15, -0.1) is 0 Å². The zero-order valence-corrected chi connectivity index (χ0v) is 17.0. The first kappa shape index (κ1) is 19.9. The molecule has 0 spiro atoms. The molecule has 1 aromatic heterocycles. The minimum absolute atomic E-state index is 0.119. The lowest BCUT2D eigenvalue weighted by molar-refractivity contribution is -0.116. The number of hydrogen-bond donors (Lipinski definition) is 1. The Kier molecular flexibility index (Phi) is 5.70. The monoisotopic (exact) mass is 407 g/mol. The van der Waals surface area contributed by atoms with Crippen molar-refractivity contribution >= 4 is 22.5 Å². The molecular formula is C23H25N3O4. The summed E-state index contributed by atoms with van der Waals surface area (Å²) < 4.78 is 8.03. The Morgan fingerprint density at radius 2 is 1.73 bits per heavy atom. The van der Waals surface area contributed by atoms with E-state index < -0.39 is 5.69 Å². The standard InChI is InChI=1S/C23H25N3O4/c1-30-20-14-8-6-12-18(20)24-21(27)15-25-19-13-7-5-11-17(19)22(28)26(23(25)29)16-9-3-2-4-10-16/h5-8,11-14,16H,2-4,9-10,15H2,1H3,(H,24,27). The molecule has 1 amide bonds. The van der Waals surface area contributed by atoms with Crippen LogP contribution in [0, 0.1) is 0 Å². The van der Waals surface area contributed by atoms with Crippen molar-refractivity contribution in [3.05, 3.63) is 69.4 Å². The van der Waals surface area contributed by atoms with Crippen molar-refractivity contribution in [2.24, 2.45) is 0 Å². The molecule has 0 atom stereocenters. The van der Waals surface area contributed by atoms with E-state index in [9.17, 15) is 14.4 Å². The van der Waals surface area contributed by atoms with Crippen LogP contribution in [0.1, 0.15) is 38.1 Å². The van der Waals surface area contributed by atoms with Crippen LogP contribution in [0.15, 0.2) is 58.1 Å². The van der Waals surface area contributed by atoms with Gasteiger partial charge in [-0.1, -0.05) is 43.5 Å². The summed E-state index contributed by atoms with van der Waals surface area (Å²) in [6, 6.07) is 13.9. The topological polar surface area (TPSA) is 82.3 Å². The Morgan fingerprint density at radius 3 is 2.50 bits per heavy atom. The molecule has 4 rings (SSSR count). The third-order valence-corrected chi connectivity index (χ3v) is 5.70. The van der Waals surface area contributed by atoms with E-state index in [-0.39, 0.29) is 24.1 Å². The second-order valence-electron chi connectivity index (χ2n) is 7.60. The van der Waals surface area contributed by atoms with Crippen molar-refractivity contribution in [2.75, 3.05) is 12.4 Å². The molecule has 0 aliphatic heterocycles. The van der Waals surface area contributed by atoms with Gasteiger partial charge in [0.25, 0.3) is 5.56 Å². The first-order valence-electron chi connectivity index (χ1n) is 10.3. The molecule has 1 heterocycles. The van der Waals surface area contributed by atoms with Gasteiger partial charge in [0.2, 0.25) is 5.91 Å². The third kappa shape index (κ3) is 3.75. The zero-order valence-electron chi connectivity index (χ0n) is 17.0. The Balaban J connectivity index is 1.75. The van der Waals surface area contributed by atoms with E-state index in [1.165, 1.54) is 16.2 Å².